The molecule has 1 aromatic carbocycles. The van der Waals surface area contributed by atoms with Crippen LogP contribution >= 0.6 is 0 Å². The molecule has 1 aliphatic rings. The number of nitrogens with one attached hydrogen (secondary N) is 2. The van der Waals surface area contributed by atoms with Gasteiger partial charge in [0.2, 0.25) is 0 Å². The number of hydrogen-bond donors (Lipinski definition) is 5. The smallest absolute Gasteiger partial charge is 0.319 e. The van der Waals surface area contributed by atoms with Crippen LogP contribution in [0.25, 0.3) is 11.0 Å². The van der Waals surface area contributed by atoms with Crippen molar-refractivity contribution in [1.82, 2.24) is 19.8 Å². The standard InChI is InChI=1S/C29H42N6O4/c1-18(2)34(15-6-13-32-28(38)33-20-9-7-19(8-10-20)29(3,4)5)17-23-24(36)25(37)27(39-23)35-16-12-21-22(30)11-14-31-26(21)35/h7-12,14,16,18,23-25,27,36-37H,6,13,15,17H2,1-5H3,(H2,30,31)(H2,32,33,38)/t23-,24-,25-,27?/m1/s1. The predicted molar refractivity (Wildman–Crippen MR) is 154 cm³/mol. The highest BCUT2D eigenvalue weighted by Crippen LogP contribution is 2.33. The van der Waals surface area contributed by atoms with E-state index in [0.717, 1.165) is 17.5 Å². The second-order valence-corrected chi connectivity index (χ2v) is 11.6. The molecule has 6 N–H and O–H groups in total. The first-order chi connectivity index (χ1) is 18.5. The highest BCUT2D eigenvalue weighted by atomic mass is 16.6. The molecule has 0 spiro atoms. The van der Waals surface area contributed by atoms with Gasteiger partial charge in [0.1, 0.15) is 24.0 Å². The molecule has 4 atom stereocenters. The van der Waals surface area contributed by atoms with Crippen molar-refractivity contribution in [3.8, 4) is 0 Å². The Hall–Kier alpha value is -3.18. The number of pyridine rings is 1. The van der Waals surface area contributed by atoms with E-state index in [2.05, 4.69) is 55.1 Å². The fourth-order valence-electron chi connectivity index (χ4n) is 4.90. The van der Waals surface area contributed by atoms with Crippen LogP contribution in [0.4, 0.5) is 16.2 Å². The molecule has 0 saturated carbocycles. The summed E-state index contributed by atoms with van der Waals surface area (Å²) in [6, 6.07) is 11.4. The van der Waals surface area contributed by atoms with Crippen molar-refractivity contribution in [2.75, 3.05) is 30.7 Å². The van der Waals surface area contributed by atoms with E-state index in [-0.39, 0.29) is 17.5 Å². The summed E-state index contributed by atoms with van der Waals surface area (Å²) >= 11 is 0. The summed E-state index contributed by atoms with van der Waals surface area (Å²) in [5.41, 5.74) is 9.26. The largest absolute Gasteiger partial charge is 0.398 e. The summed E-state index contributed by atoms with van der Waals surface area (Å²) in [6.07, 6.45) is 0.587. The Labute approximate surface area is 230 Å². The Bertz CT molecular complexity index is 1250. The van der Waals surface area contributed by atoms with Crippen LogP contribution < -0.4 is 16.4 Å². The lowest BCUT2D eigenvalue weighted by Crippen LogP contribution is -2.44. The van der Waals surface area contributed by atoms with E-state index >= 15 is 0 Å². The van der Waals surface area contributed by atoms with Gasteiger partial charge in [0.15, 0.2) is 6.23 Å². The second-order valence-electron chi connectivity index (χ2n) is 11.6. The first-order valence-electron chi connectivity index (χ1n) is 13.6. The molecule has 2 aromatic heterocycles. The van der Waals surface area contributed by atoms with Gasteiger partial charge in [-0.15, -0.1) is 0 Å². The van der Waals surface area contributed by atoms with E-state index < -0.39 is 24.5 Å². The van der Waals surface area contributed by atoms with Gasteiger partial charge < -0.3 is 35.9 Å². The average Bonchev–Trinajstić information content (AvgIpc) is 3.42. The molecule has 10 nitrogen and oxygen atoms in total. The molecule has 39 heavy (non-hydrogen) atoms. The number of carbonyl (C=O) groups excluding carboxylic acids is 1. The zero-order valence-electron chi connectivity index (χ0n) is 23.5. The first-order valence-corrected chi connectivity index (χ1v) is 13.6. The third kappa shape index (κ3) is 6.70. The van der Waals surface area contributed by atoms with Gasteiger partial charge >= 0.3 is 6.03 Å². The SMILES string of the molecule is CC(C)N(CCCNC(=O)Nc1ccc(C(C)(C)C)cc1)C[C@H]1OC(n2ccc3c(N)ccnc32)[C@H](O)[C@@H]1O. The highest BCUT2D eigenvalue weighted by Gasteiger charge is 2.44. The van der Waals surface area contributed by atoms with E-state index in [4.69, 9.17) is 10.5 Å². The van der Waals surface area contributed by atoms with Crippen LogP contribution in [0.15, 0.2) is 48.8 Å². The summed E-state index contributed by atoms with van der Waals surface area (Å²) in [5.74, 6) is 0. The molecule has 3 aromatic rings. The molecule has 1 saturated heterocycles. The monoisotopic (exact) mass is 538 g/mol. The number of benzene rings is 1. The summed E-state index contributed by atoms with van der Waals surface area (Å²) < 4.78 is 7.88. The molecule has 10 heteroatoms. The summed E-state index contributed by atoms with van der Waals surface area (Å²) in [7, 11) is 0. The normalized spacial score (nSPS) is 21.7. The van der Waals surface area contributed by atoms with Gasteiger partial charge in [-0.2, -0.15) is 0 Å². The third-order valence-electron chi connectivity index (χ3n) is 7.32. The number of ether oxygens (including phenoxy) is 1. The minimum atomic E-state index is -1.11. The minimum absolute atomic E-state index is 0.0596. The molecule has 1 unspecified atom stereocenters. The second kappa shape index (κ2) is 11.9. The lowest BCUT2D eigenvalue weighted by Gasteiger charge is -2.30. The molecule has 3 heterocycles. The number of anilines is 2. The minimum Gasteiger partial charge on any atom is -0.398 e. The lowest BCUT2D eigenvalue weighted by molar-refractivity contribution is -0.0465. The molecule has 0 radical (unpaired) electrons. The summed E-state index contributed by atoms with van der Waals surface area (Å²) in [4.78, 5) is 18.9. The van der Waals surface area contributed by atoms with Gasteiger partial charge in [0, 0.05) is 54.8 Å². The maximum Gasteiger partial charge on any atom is 0.319 e. The lowest BCUT2D eigenvalue weighted by atomic mass is 9.87. The quantitative estimate of drug-likeness (QED) is 0.263. The van der Waals surface area contributed by atoms with Crippen molar-refractivity contribution in [3.05, 3.63) is 54.4 Å². The molecule has 0 bridgehead atoms. The third-order valence-corrected chi connectivity index (χ3v) is 7.32. The average molecular weight is 539 g/mol. The van der Waals surface area contributed by atoms with Crippen LogP contribution in [-0.4, -0.2) is 74.7 Å². The predicted octanol–water partition coefficient (Wildman–Crippen LogP) is 3.46. The van der Waals surface area contributed by atoms with Gasteiger partial charge in [-0.3, -0.25) is 4.90 Å². The Morgan fingerprint density at radius 3 is 2.54 bits per heavy atom. The van der Waals surface area contributed by atoms with Crippen molar-refractivity contribution in [2.24, 2.45) is 0 Å². The van der Waals surface area contributed by atoms with Crippen LogP contribution in [-0.2, 0) is 10.2 Å². The number of aliphatic hydroxyl groups excluding tert-OH is 2. The van der Waals surface area contributed by atoms with Gasteiger partial charge in [-0.1, -0.05) is 32.9 Å². The van der Waals surface area contributed by atoms with E-state index in [0.29, 0.717) is 31.0 Å². The number of nitrogens with two attached hydrogens (primary N) is 1. The van der Waals surface area contributed by atoms with E-state index in [1.54, 1.807) is 23.0 Å². The first kappa shape index (κ1) is 28.8. The van der Waals surface area contributed by atoms with Crippen LogP contribution in [0, 0.1) is 0 Å². The van der Waals surface area contributed by atoms with Crippen LogP contribution in [0.2, 0.25) is 0 Å². The number of hydrogen-bond acceptors (Lipinski definition) is 7. The fraction of sp³-hybridized carbons (Fsp3) is 0.517. The van der Waals surface area contributed by atoms with E-state index in [1.807, 2.05) is 30.3 Å². The maximum atomic E-state index is 12.4. The number of rotatable bonds is 9. The zero-order chi connectivity index (χ0) is 28.3. The molecule has 0 aliphatic carbocycles. The number of amides is 2. The number of nitrogens with zero attached hydrogens (tertiary/aromatic N) is 3. The molecule has 4 rings (SSSR count). The fourth-order valence-corrected chi connectivity index (χ4v) is 4.90. The number of aromatic nitrogens is 2. The molecule has 212 valence electrons. The Morgan fingerprint density at radius 2 is 1.87 bits per heavy atom. The van der Waals surface area contributed by atoms with Gasteiger partial charge in [-0.25, -0.2) is 9.78 Å². The zero-order valence-corrected chi connectivity index (χ0v) is 23.5. The van der Waals surface area contributed by atoms with Crippen molar-refractivity contribution in [2.45, 2.75) is 77.0 Å². The van der Waals surface area contributed by atoms with Crippen LogP contribution in [0.3, 0.4) is 0 Å². The van der Waals surface area contributed by atoms with Crippen molar-refractivity contribution in [3.63, 3.8) is 0 Å². The maximum absolute atomic E-state index is 12.4. The topological polar surface area (TPSA) is 138 Å². The van der Waals surface area contributed by atoms with Crippen LogP contribution in [0.1, 0.15) is 52.8 Å². The van der Waals surface area contributed by atoms with Crippen molar-refractivity contribution in [1.29, 1.82) is 0 Å². The van der Waals surface area contributed by atoms with Gasteiger partial charge in [0.05, 0.1) is 0 Å². The summed E-state index contributed by atoms with van der Waals surface area (Å²) in [6.45, 7) is 12.2. The molecule has 1 aliphatic heterocycles. The van der Waals surface area contributed by atoms with E-state index in [1.165, 1.54) is 5.56 Å². The number of urea groups is 1. The number of carbonyl (C=O) groups is 1. The highest BCUT2D eigenvalue weighted by molar-refractivity contribution is 5.89. The van der Waals surface area contributed by atoms with Crippen LogP contribution in [0.5, 0.6) is 0 Å². The molecular weight excluding hydrogens is 496 g/mol. The van der Waals surface area contributed by atoms with Gasteiger partial charge in [0.25, 0.3) is 0 Å². The molecule has 1 fully saturated rings. The summed E-state index contributed by atoms with van der Waals surface area (Å²) in [5, 5.41) is 28.2. The number of nitrogen functional groups attached to an aromatic ring is 1. The molecule has 2 amide bonds. The number of aliphatic hydroxyl groups is 2. The Balaban J connectivity index is 1.27. The number of fused-ring (bicyclic) bond motifs is 1. The van der Waals surface area contributed by atoms with E-state index in [9.17, 15) is 15.0 Å². The van der Waals surface area contributed by atoms with Crippen molar-refractivity contribution < 1.29 is 19.7 Å². The van der Waals surface area contributed by atoms with Gasteiger partial charge in [-0.05, 0) is 55.5 Å². The molecular formula is C29H42N6O4. The Morgan fingerprint density at radius 1 is 1.15 bits per heavy atom. The van der Waals surface area contributed by atoms with Crippen molar-refractivity contribution >= 4 is 28.4 Å². The Kier molecular flexibility index (Phi) is 8.80.